The molecule has 33 heavy (non-hydrogen) atoms. The van der Waals surface area contributed by atoms with E-state index in [0.29, 0.717) is 5.84 Å². The number of aromatic nitrogens is 2. The third kappa shape index (κ3) is 3.23. The highest BCUT2D eigenvalue weighted by molar-refractivity contribution is 5.98. The van der Waals surface area contributed by atoms with Gasteiger partial charge < -0.3 is 19.8 Å². The summed E-state index contributed by atoms with van der Waals surface area (Å²) in [5.41, 5.74) is 11.7. The van der Waals surface area contributed by atoms with E-state index in [0.717, 1.165) is 29.6 Å². The summed E-state index contributed by atoms with van der Waals surface area (Å²) in [6, 6.07) is 12.8. The lowest BCUT2D eigenvalue weighted by molar-refractivity contribution is -0.147. The Morgan fingerprint density at radius 3 is 2.76 bits per heavy atom. The van der Waals surface area contributed by atoms with Gasteiger partial charge in [0.2, 0.25) is 0 Å². The third-order valence-corrected chi connectivity index (χ3v) is 7.33. The lowest BCUT2D eigenvalue weighted by atomic mass is 9.84. The van der Waals surface area contributed by atoms with Gasteiger partial charge in [0.05, 0.1) is 11.7 Å². The zero-order valence-electron chi connectivity index (χ0n) is 19.6. The molecule has 6 nitrogen and oxygen atoms in total. The zero-order chi connectivity index (χ0) is 23.0. The summed E-state index contributed by atoms with van der Waals surface area (Å²) in [6.45, 7) is 8.24. The van der Waals surface area contributed by atoms with Crippen LogP contribution in [0.5, 0.6) is 0 Å². The van der Waals surface area contributed by atoms with E-state index in [-0.39, 0.29) is 23.7 Å². The van der Waals surface area contributed by atoms with Gasteiger partial charge in [-0.15, -0.1) is 0 Å². The molecular weight excluding hydrogens is 412 g/mol. The fourth-order valence-electron chi connectivity index (χ4n) is 5.48. The molecule has 1 aliphatic carbocycles. The number of fused-ring (bicyclic) bond motifs is 3. The number of benzene rings is 1. The van der Waals surface area contributed by atoms with Crippen molar-refractivity contribution in [3.8, 4) is 0 Å². The van der Waals surface area contributed by atoms with E-state index in [1.165, 1.54) is 16.7 Å². The molecule has 0 amide bonds. The molecule has 1 fully saturated rings. The molecule has 0 saturated carbocycles. The van der Waals surface area contributed by atoms with Crippen molar-refractivity contribution in [1.29, 1.82) is 0 Å². The van der Waals surface area contributed by atoms with Crippen LogP contribution in [0.2, 0.25) is 0 Å². The first kappa shape index (κ1) is 20.6. The van der Waals surface area contributed by atoms with Crippen LogP contribution in [0.25, 0.3) is 11.0 Å². The zero-order valence-corrected chi connectivity index (χ0v) is 19.6. The van der Waals surface area contributed by atoms with Crippen molar-refractivity contribution in [1.82, 2.24) is 9.55 Å². The maximum atomic E-state index is 6.38. The Kier molecular flexibility index (Phi) is 4.39. The largest absolute Gasteiger partial charge is 0.386 e. The molecule has 0 spiro atoms. The van der Waals surface area contributed by atoms with Gasteiger partial charge in [0, 0.05) is 23.2 Å². The molecule has 170 valence electrons. The first-order valence-corrected chi connectivity index (χ1v) is 11.7. The normalized spacial score (nSPS) is 26.8. The van der Waals surface area contributed by atoms with Crippen molar-refractivity contribution in [3.63, 3.8) is 0 Å². The maximum Gasteiger partial charge on any atom is 0.164 e. The van der Waals surface area contributed by atoms with E-state index >= 15 is 0 Å². The quantitative estimate of drug-likeness (QED) is 0.580. The summed E-state index contributed by atoms with van der Waals surface area (Å²) in [7, 11) is 0. The second kappa shape index (κ2) is 7.02. The van der Waals surface area contributed by atoms with E-state index in [9.17, 15) is 0 Å². The molecular formula is C27H30N4O2. The molecule has 2 N–H and O–H groups in total. The van der Waals surface area contributed by atoms with Gasteiger partial charge >= 0.3 is 0 Å². The molecule has 6 rings (SSSR count). The maximum absolute atomic E-state index is 6.38. The highest BCUT2D eigenvalue weighted by Crippen LogP contribution is 2.45. The predicted molar refractivity (Wildman–Crippen MR) is 130 cm³/mol. The first-order valence-electron chi connectivity index (χ1n) is 11.7. The summed E-state index contributed by atoms with van der Waals surface area (Å²) in [4.78, 5) is 9.24. The van der Waals surface area contributed by atoms with Gasteiger partial charge in [0.1, 0.15) is 23.7 Å². The SMILES string of the molecule is CC1(C)O[C@@H]2[C@H](O1)C(CCc1ccc3c(c1)N=C(N)C3(C)C)=C[C@H]2n1ccc2cccnc21. The average molecular weight is 443 g/mol. The van der Waals surface area contributed by atoms with E-state index in [4.69, 9.17) is 15.2 Å². The Morgan fingerprint density at radius 1 is 1.06 bits per heavy atom. The topological polar surface area (TPSA) is 74.7 Å². The standard InChI is InChI=1S/C27H30N4O2/c1-26(2)19-10-8-16(14-20(19)30-25(26)28)7-9-18-15-21(23-22(18)32-27(3,4)33-23)31-13-11-17-6-5-12-29-24(17)31/h5-6,8,10-15,21-23H,7,9H2,1-4H3,(H2,28,30)/t21-,22-,23+/m1/s1. The van der Waals surface area contributed by atoms with Crippen molar-refractivity contribution >= 4 is 22.6 Å². The minimum Gasteiger partial charge on any atom is -0.386 e. The van der Waals surface area contributed by atoms with E-state index in [1.54, 1.807) is 0 Å². The number of ether oxygens (including phenoxy) is 2. The number of pyridine rings is 1. The molecule has 3 aromatic rings. The first-order chi connectivity index (χ1) is 15.7. The second-order valence-electron chi connectivity index (χ2n) is 10.4. The monoisotopic (exact) mass is 442 g/mol. The molecule has 1 saturated heterocycles. The highest BCUT2D eigenvalue weighted by Gasteiger charge is 2.50. The summed E-state index contributed by atoms with van der Waals surface area (Å²) in [5, 5.41) is 1.13. The molecule has 0 bridgehead atoms. The molecule has 3 aliphatic rings. The number of hydrogen-bond acceptors (Lipinski definition) is 5. The van der Waals surface area contributed by atoms with Crippen LogP contribution in [0.15, 0.2) is 65.4 Å². The van der Waals surface area contributed by atoms with E-state index < -0.39 is 5.79 Å². The molecule has 6 heteroatoms. The van der Waals surface area contributed by atoms with Gasteiger partial charge in [-0.2, -0.15) is 0 Å². The Hall–Kier alpha value is -2.96. The number of rotatable bonds is 4. The van der Waals surface area contributed by atoms with Crippen molar-refractivity contribution in [3.05, 3.63) is 71.6 Å². The van der Waals surface area contributed by atoms with Gasteiger partial charge in [-0.3, -0.25) is 0 Å². The van der Waals surface area contributed by atoms with E-state index in [2.05, 4.69) is 71.0 Å². The highest BCUT2D eigenvalue weighted by atomic mass is 16.8. The van der Waals surface area contributed by atoms with Gasteiger partial charge in [-0.05, 0) is 81.5 Å². The number of amidine groups is 1. The van der Waals surface area contributed by atoms with Crippen molar-refractivity contribution in [2.24, 2.45) is 10.7 Å². The van der Waals surface area contributed by atoms with Crippen LogP contribution in [0, 0.1) is 0 Å². The number of aryl methyl sites for hydroxylation is 1. The molecule has 0 unspecified atom stereocenters. The van der Waals surface area contributed by atoms with Crippen LogP contribution in [-0.2, 0) is 21.3 Å². The molecule has 4 heterocycles. The van der Waals surface area contributed by atoms with Crippen LogP contribution in [-0.4, -0.2) is 33.4 Å². The summed E-state index contributed by atoms with van der Waals surface area (Å²) >= 11 is 0. The minimum absolute atomic E-state index is 0.0480. The van der Waals surface area contributed by atoms with Crippen LogP contribution in [0.3, 0.4) is 0 Å². The Labute approximate surface area is 194 Å². The van der Waals surface area contributed by atoms with Gasteiger partial charge in [0.15, 0.2) is 5.79 Å². The minimum atomic E-state index is -0.602. The average Bonchev–Trinajstić information content (AvgIpc) is 3.47. The number of aliphatic imine (C=N–C) groups is 1. The van der Waals surface area contributed by atoms with Gasteiger partial charge in [0.25, 0.3) is 0 Å². The van der Waals surface area contributed by atoms with Crippen LogP contribution in [0.1, 0.15) is 51.3 Å². The Bertz CT molecular complexity index is 1320. The summed E-state index contributed by atoms with van der Waals surface area (Å²) in [6.07, 6.45) is 8.00. The molecule has 2 aliphatic heterocycles. The smallest absolute Gasteiger partial charge is 0.164 e. The summed E-state index contributed by atoms with van der Waals surface area (Å²) in [5.74, 6) is 0.0830. The van der Waals surface area contributed by atoms with Crippen LogP contribution >= 0.6 is 0 Å². The molecule has 1 aromatic carbocycles. The predicted octanol–water partition coefficient (Wildman–Crippen LogP) is 4.95. The fraction of sp³-hybridized carbons (Fsp3) is 0.407. The number of hydrogen-bond donors (Lipinski definition) is 1. The Balaban J connectivity index is 1.29. The second-order valence-corrected chi connectivity index (χ2v) is 10.4. The van der Waals surface area contributed by atoms with Crippen molar-refractivity contribution < 1.29 is 9.47 Å². The third-order valence-electron chi connectivity index (χ3n) is 7.33. The van der Waals surface area contributed by atoms with Gasteiger partial charge in [-0.1, -0.05) is 18.2 Å². The number of nitrogens with two attached hydrogens (primary N) is 1. The van der Waals surface area contributed by atoms with Crippen molar-refractivity contribution in [2.75, 3.05) is 0 Å². The molecule has 2 aromatic heterocycles. The summed E-state index contributed by atoms with van der Waals surface area (Å²) < 4.78 is 15.0. The number of nitrogens with zero attached hydrogens (tertiary/aromatic N) is 3. The van der Waals surface area contributed by atoms with E-state index in [1.807, 2.05) is 26.1 Å². The lowest BCUT2D eigenvalue weighted by Gasteiger charge is -2.22. The van der Waals surface area contributed by atoms with Crippen LogP contribution in [0.4, 0.5) is 5.69 Å². The molecule has 3 atom stereocenters. The lowest BCUT2D eigenvalue weighted by Crippen LogP contribution is -2.32. The van der Waals surface area contributed by atoms with Crippen LogP contribution < -0.4 is 5.73 Å². The fourth-order valence-corrected chi connectivity index (χ4v) is 5.48. The Morgan fingerprint density at radius 2 is 1.91 bits per heavy atom. The molecule has 0 radical (unpaired) electrons. The van der Waals surface area contributed by atoms with Crippen molar-refractivity contribution in [2.45, 2.75) is 70.0 Å². The van der Waals surface area contributed by atoms with Gasteiger partial charge in [-0.25, -0.2) is 9.98 Å².